The van der Waals surface area contributed by atoms with E-state index in [4.69, 9.17) is 23.8 Å². The maximum absolute atomic E-state index is 12.2. The molecule has 2 aromatic rings. The highest BCUT2D eigenvalue weighted by Gasteiger charge is 2.43. The molecule has 1 aliphatic carbocycles. The van der Waals surface area contributed by atoms with Crippen LogP contribution in [-0.4, -0.2) is 20.8 Å². The summed E-state index contributed by atoms with van der Waals surface area (Å²) in [4.78, 5) is 12.2. The van der Waals surface area contributed by atoms with Crippen LogP contribution >= 0.6 is 23.8 Å². The Morgan fingerprint density at radius 3 is 2.67 bits per heavy atom. The zero-order valence-electron chi connectivity index (χ0n) is 13.3. The van der Waals surface area contributed by atoms with Crippen LogP contribution in [0.25, 0.3) is 0 Å². The molecule has 0 aliphatic heterocycles. The normalized spacial score (nSPS) is 18.8. The predicted molar refractivity (Wildman–Crippen MR) is 97.7 cm³/mol. The van der Waals surface area contributed by atoms with Crippen molar-refractivity contribution in [2.75, 3.05) is 5.32 Å². The molecule has 1 aromatic heterocycles. The summed E-state index contributed by atoms with van der Waals surface area (Å²) in [5, 5.41) is 8.24. The number of benzene rings is 1. The van der Waals surface area contributed by atoms with Gasteiger partial charge in [0.05, 0.1) is 11.4 Å². The van der Waals surface area contributed by atoms with Gasteiger partial charge in [0.1, 0.15) is 0 Å². The first kappa shape index (κ1) is 16.7. The van der Waals surface area contributed by atoms with Crippen molar-refractivity contribution in [3.8, 4) is 0 Å². The van der Waals surface area contributed by atoms with Crippen LogP contribution in [0.4, 0.5) is 5.69 Å². The van der Waals surface area contributed by atoms with Gasteiger partial charge in [0, 0.05) is 24.2 Å². The average molecular weight is 364 g/mol. The first-order valence-electron chi connectivity index (χ1n) is 7.56. The van der Waals surface area contributed by atoms with Crippen LogP contribution < -0.4 is 16.2 Å². The maximum Gasteiger partial charge on any atom is 0.242 e. The van der Waals surface area contributed by atoms with Crippen molar-refractivity contribution in [2.45, 2.75) is 19.3 Å². The lowest BCUT2D eigenvalue weighted by Crippen LogP contribution is -2.44. The van der Waals surface area contributed by atoms with E-state index in [0.29, 0.717) is 10.1 Å². The second-order valence-electron chi connectivity index (χ2n) is 5.87. The number of aryl methyl sites for hydroxylation is 2. The number of hydrazine groups is 1. The molecule has 0 bridgehead atoms. The van der Waals surface area contributed by atoms with Crippen LogP contribution in [0.1, 0.15) is 23.6 Å². The van der Waals surface area contributed by atoms with Crippen LogP contribution in [0.15, 0.2) is 30.5 Å². The third kappa shape index (κ3) is 3.85. The molecule has 1 saturated carbocycles. The summed E-state index contributed by atoms with van der Waals surface area (Å²) < 4.78 is 1.69. The van der Waals surface area contributed by atoms with E-state index in [1.807, 2.05) is 44.4 Å². The Bertz CT molecular complexity index is 773. The van der Waals surface area contributed by atoms with Gasteiger partial charge >= 0.3 is 0 Å². The van der Waals surface area contributed by atoms with Gasteiger partial charge in [-0.3, -0.25) is 20.3 Å². The minimum atomic E-state index is -0.0676. The number of hydrogen-bond acceptors (Lipinski definition) is 3. The minimum Gasteiger partial charge on any atom is -0.329 e. The molecule has 1 fully saturated rings. The lowest BCUT2D eigenvalue weighted by Gasteiger charge is -2.11. The average Bonchev–Trinajstić information content (AvgIpc) is 3.27. The highest BCUT2D eigenvalue weighted by molar-refractivity contribution is 7.80. The van der Waals surface area contributed by atoms with Gasteiger partial charge in [0.15, 0.2) is 5.11 Å². The van der Waals surface area contributed by atoms with Gasteiger partial charge in [-0.25, -0.2) is 0 Å². The summed E-state index contributed by atoms with van der Waals surface area (Å²) in [6.07, 6.45) is 2.65. The van der Waals surface area contributed by atoms with Gasteiger partial charge in [-0.05, 0) is 49.2 Å². The molecule has 0 saturated heterocycles. The summed E-state index contributed by atoms with van der Waals surface area (Å²) in [5.41, 5.74) is 8.15. The number of carbonyl (C=O) groups excluding carboxylic acids is 1. The third-order valence-electron chi connectivity index (χ3n) is 3.99. The number of rotatable bonds is 3. The van der Waals surface area contributed by atoms with Crippen molar-refractivity contribution in [1.82, 2.24) is 20.6 Å². The molecule has 0 spiro atoms. The Hall–Kier alpha value is -2.12. The molecule has 0 unspecified atom stereocenters. The highest BCUT2D eigenvalue weighted by Crippen LogP contribution is 2.47. The van der Waals surface area contributed by atoms with E-state index >= 15 is 0 Å². The van der Waals surface area contributed by atoms with E-state index in [-0.39, 0.29) is 17.7 Å². The fourth-order valence-electron chi connectivity index (χ4n) is 2.65. The molecule has 6 nitrogen and oxygen atoms in total. The molecule has 3 N–H and O–H groups in total. The van der Waals surface area contributed by atoms with Crippen molar-refractivity contribution in [3.63, 3.8) is 0 Å². The van der Waals surface area contributed by atoms with Gasteiger partial charge in [0.2, 0.25) is 5.91 Å². The number of nitrogens with one attached hydrogen (secondary N) is 3. The summed E-state index contributed by atoms with van der Waals surface area (Å²) >= 11 is 11.1. The molecule has 1 aromatic carbocycles. The fraction of sp³-hybridized carbons (Fsp3) is 0.312. The quantitative estimate of drug-likeness (QED) is 0.577. The zero-order valence-corrected chi connectivity index (χ0v) is 14.9. The molecule has 1 heterocycles. The number of carbonyl (C=O) groups is 1. The summed E-state index contributed by atoms with van der Waals surface area (Å²) in [6.45, 7) is 1.88. The van der Waals surface area contributed by atoms with Gasteiger partial charge < -0.3 is 5.32 Å². The van der Waals surface area contributed by atoms with Gasteiger partial charge in [-0.15, -0.1) is 0 Å². The van der Waals surface area contributed by atoms with E-state index in [1.54, 1.807) is 4.68 Å². The van der Waals surface area contributed by atoms with E-state index in [2.05, 4.69) is 21.3 Å². The summed E-state index contributed by atoms with van der Waals surface area (Å²) in [7, 11) is 1.83. The number of hydrogen-bond donors (Lipinski definition) is 3. The van der Waals surface area contributed by atoms with Crippen LogP contribution in [0.5, 0.6) is 0 Å². The number of thiocarbonyl (C=S) groups is 1. The third-order valence-corrected chi connectivity index (χ3v) is 4.44. The van der Waals surface area contributed by atoms with Gasteiger partial charge in [-0.1, -0.05) is 23.7 Å². The minimum absolute atomic E-state index is 0.0402. The van der Waals surface area contributed by atoms with Crippen molar-refractivity contribution >= 4 is 40.5 Å². The molecule has 0 radical (unpaired) electrons. The second kappa shape index (κ2) is 6.78. The molecule has 3 rings (SSSR count). The molecule has 24 heavy (non-hydrogen) atoms. The Morgan fingerprint density at radius 2 is 2.04 bits per heavy atom. The maximum atomic E-state index is 12.2. The summed E-state index contributed by atoms with van der Waals surface area (Å²) in [6, 6.07) is 7.62. The standard InChI is InChI=1S/C16H18ClN5OS/c1-9-14(8-22(2)21-9)18-16(24)20-19-15(23)13-7-12(13)10-3-5-11(17)6-4-10/h3-6,8,12-13H,7H2,1-2H3,(H,19,23)(H2,18,20,24)/t12-,13-/m0/s1. The number of halogens is 1. The fourth-order valence-corrected chi connectivity index (χ4v) is 2.94. The second-order valence-corrected chi connectivity index (χ2v) is 6.72. The Balaban J connectivity index is 1.47. The summed E-state index contributed by atoms with van der Waals surface area (Å²) in [5.74, 6) is 0.134. The number of aromatic nitrogens is 2. The Kier molecular flexibility index (Phi) is 4.73. The lowest BCUT2D eigenvalue weighted by molar-refractivity contribution is -0.122. The topological polar surface area (TPSA) is 71.0 Å². The molecule has 8 heteroatoms. The molecule has 2 atom stereocenters. The zero-order chi connectivity index (χ0) is 17.3. The molecule has 126 valence electrons. The van der Waals surface area contributed by atoms with Crippen molar-refractivity contribution in [3.05, 3.63) is 46.7 Å². The van der Waals surface area contributed by atoms with Crippen molar-refractivity contribution in [1.29, 1.82) is 0 Å². The predicted octanol–water partition coefficient (Wildman–Crippen LogP) is 2.50. The number of nitrogens with zero attached hydrogens (tertiary/aromatic N) is 2. The van der Waals surface area contributed by atoms with E-state index in [0.717, 1.165) is 23.4 Å². The van der Waals surface area contributed by atoms with E-state index < -0.39 is 0 Å². The molecule has 1 amide bonds. The largest absolute Gasteiger partial charge is 0.329 e. The van der Waals surface area contributed by atoms with E-state index in [9.17, 15) is 4.79 Å². The van der Waals surface area contributed by atoms with Crippen LogP contribution in [-0.2, 0) is 11.8 Å². The van der Waals surface area contributed by atoms with E-state index in [1.165, 1.54) is 0 Å². The van der Waals surface area contributed by atoms with Crippen LogP contribution in [0.3, 0.4) is 0 Å². The Morgan fingerprint density at radius 1 is 1.33 bits per heavy atom. The smallest absolute Gasteiger partial charge is 0.242 e. The SMILES string of the molecule is Cc1nn(C)cc1NC(=S)NNC(=O)[C@H]1C[C@H]1c1ccc(Cl)cc1. The lowest BCUT2D eigenvalue weighted by atomic mass is 10.1. The molecule has 1 aliphatic rings. The van der Waals surface area contributed by atoms with Crippen LogP contribution in [0, 0.1) is 12.8 Å². The number of amides is 1. The first-order valence-corrected chi connectivity index (χ1v) is 8.35. The molecular formula is C16H18ClN5OS. The monoisotopic (exact) mass is 363 g/mol. The molecular weight excluding hydrogens is 346 g/mol. The van der Waals surface area contributed by atoms with Crippen molar-refractivity contribution < 1.29 is 4.79 Å². The first-order chi connectivity index (χ1) is 11.4. The van der Waals surface area contributed by atoms with Crippen LogP contribution in [0.2, 0.25) is 5.02 Å². The van der Waals surface area contributed by atoms with Crippen molar-refractivity contribution in [2.24, 2.45) is 13.0 Å². The Labute approximate surface area is 150 Å². The van der Waals surface area contributed by atoms with Gasteiger partial charge in [0.25, 0.3) is 0 Å². The van der Waals surface area contributed by atoms with Gasteiger partial charge in [-0.2, -0.15) is 5.10 Å². The highest BCUT2D eigenvalue weighted by atomic mass is 35.5. The number of anilines is 1.